The Kier molecular flexibility index (Phi) is 3.13. The Hall–Kier alpha value is 0.700. The van der Waals surface area contributed by atoms with Crippen LogP contribution in [0.15, 0.2) is 17.3 Å². The van der Waals surface area contributed by atoms with Gasteiger partial charge in [0, 0.05) is 6.20 Å². The average Bonchev–Trinajstić information content (AvgIpc) is 1.30. The van der Waals surface area contributed by atoms with E-state index in [1.807, 2.05) is 0 Å². The molecule has 0 unspecified atom stereocenters. The SMILES string of the molecule is ClC1=NC=C1.[NaH]. The summed E-state index contributed by atoms with van der Waals surface area (Å²) in [6, 6.07) is 0. The molecule has 0 saturated carbocycles. The Morgan fingerprint density at radius 2 is 2.00 bits per heavy atom. The normalized spacial score (nSPS) is 14.5. The first kappa shape index (κ1) is 6.70. The van der Waals surface area contributed by atoms with Gasteiger partial charge in [-0.3, -0.25) is 0 Å². The van der Waals surface area contributed by atoms with Crippen molar-refractivity contribution < 1.29 is 0 Å². The molecule has 1 heterocycles. The van der Waals surface area contributed by atoms with Crippen LogP contribution in [0.3, 0.4) is 0 Å². The van der Waals surface area contributed by atoms with Gasteiger partial charge in [0.15, 0.2) is 0 Å². The molecule has 1 nitrogen and oxygen atoms in total. The Labute approximate surface area is 63.4 Å². The molecule has 0 atom stereocenters. The molecule has 0 spiro atoms. The summed E-state index contributed by atoms with van der Waals surface area (Å²) in [5.74, 6) is 0. The first-order valence-electron chi connectivity index (χ1n) is 1.29. The maximum atomic E-state index is 5.21. The quantitative estimate of drug-likeness (QED) is 0.404. The van der Waals surface area contributed by atoms with E-state index in [4.69, 9.17) is 11.6 Å². The summed E-state index contributed by atoms with van der Waals surface area (Å²) >= 11 is 5.21. The molecule has 28 valence electrons. The van der Waals surface area contributed by atoms with Gasteiger partial charge in [0.25, 0.3) is 0 Å². The van der Waals surface area contributed by atoms with E-state index in [-0.39, 0.29) is 29.6 Å². The second-order valence-corrected chi connectivity index (χ2v) is 1.15. The summed E-state index contributed by atoms with van der Waals surface area (Å²) in [5, 5.41) is 0.602. The van der Waals surface area contributed by atoms with E-state index >= 15 is 0 Å². The molecule has 1 aliphatic rings. The molecule has 0 radical (unpaired) electrons. The van der Waals surface area contributed by atoms with Crippen LogP contribution in [0.1, 0.15) is 0 Å². The Morgan fingerprint density at radius 3 is 2.00 bits per heavy atom. The van der Waals surface area contributed by atoms with Crippen molar-refractivity contribution in [3.05, 3.63) is 12.3 Å². The standard InChI is InChI=1S/C3H2ClN.Na.H/c4-3-1-2-5-3;;/h1-2H;;. The molecule has 0 aromatic rings. The topological polar surface area (TPSA) is 12.4 Å². The molecular formula is C3H3ClNNa. The van der Waals surface area contributed by atoms with E-state index in [1.165, 1.54) is 0 Å². The van der Waals surface area contributed by atoms with Gasteiger partial charge in [-0.2, -0.15) is 0 Å². The molecule has 1 rings (SSSR count). The summed E-state index contributed by atoms with van der Waals surface area (Å²) in [4.78, 5) is 3.57. The third kappa shape index (κ3) is 1.43. The van der Waals surface area contributed by atoms with Crippen LogP contribution in [0.5, 0.6) is 0 Å². The first-order valence-corrected chi connectivity index (χ1v) is 1.67. The maximum absolute atomic E-state index is 5.21. The van der Waals surface area contributed by atoms with Crippen molar-refractivity contribution >= 4 is 46.3 Å². The third-order valence-electron chi connectivity index (χ3n) is 0.410. The van der Waals surface area contributed by atoms with E-state index in [0.717, 1.165) is 0 Å². The fourth-order valence-corrected chi connectivity index (χ4v) is 0.244. The van der Waals surface area contributed by atoms with E-state index in [2.05, 4.69) is 4.99 Å². The first-order chi connectivity index (χ1) is 2.39. The number of hydrogen-bond acceptors (Lipinski definition) is 1. The van der Waals surface area contributed by atoms with Gasteiger partial charge in [-0.05, 0) is 6.08 Å². The van der Waals surface area contributed by atoms with Crippen LogP contribution in [0.2, 0.25) is 0 Å². The summed E-state index contributed by atoms with van der Waals surface area (Å²) in [6.07, 6.45) is 3.39. The Morgan fingerprint density at radius 1 is 1.67 bits per heavy atom. The summed E-state index contributed by atoms with van der Waals surface area (Å²) < 4.78 is 0. The monoisotopic (exact) mass is 111 g/mol. The minimum atomic E-state index is 0. The molecule has 1 aliphatic heterocycles. The van der Waals surface area contributed by atoms with E-state index < -0.39 is 0 Å². The van der Waals surface area contributed by atoms with E-state index in [9.17, 15) is 0 Å². The van der Waals surface area contributed by atoms with Crippen molar-refractivity contribution in [2.24, 2.45) is 4.99 Å². The second-order valence-electron chi connectivity index (χ2n) is 0.768. The van der Waals surface area contributed by atoms with Gasteiger partial charge in [0.2, 0.25) is 0 Å². The molecule has 3 heteroatoms. The number of aliphatic imine (C=N–C) groups is 1. The van der Waals surface area contributed by atoms with Crippen molar-refractivity contribution in [2.75, 3.05) is 0 Å². The summed E-state index contributed by atoms with van der Waals surface area (Å²) in [5.41, 5.74) is 0. The van der Waals surface area contributed by atoms with Gasteiger partial charge in [-0.1, -0.05) is 11.6 Å². The Balaban J connectivity index is 0.000000250. The molecule has 0 bridgehead atoms. The van der Waals surface area contributed by atoms with Gasteiger partial charge in [-0.15, -0.1) is 0 Å². The molecule has 0 fully saturated rings. The van der Waals surface area contributed by atoms with Crippen molar-refractivity contribution in [3.63, 3.8) is 0 Å². The predicted octanol–water partition coefficient (Wildman–Crippen LogP) is 0.502. The zero-order chi connectivity index (χ0) is 3.70. The number of nitrogens with zero attached hydrogens (tertiary/aromatic N) is 1. The second kappa shape index (κ2) is 2.80. The van der Waals surface area contributed by atoms with Gasteiger partial charge >= 0.3 is 29.6 Å². The van der Waals surface area contributed by atoms with E-state index in [1.54, 1.807) is 12.3 Å². The molecule has 0 N–H and O–H groups in total. The van der Waals surface area contributed by atoms with Crippen molar-refractivity contribution in [3.8, 4) is 0 Å². The van der Waals surface area contributed by atoms with Crippen LogP contribution in [-0.4, -0.2) is 34.7 Å². The molecule has 6 heavy (non-hydrogen) atoms. The number of allylic oxidation sites excluding steroid dienone is 1. The summed E-state index contributed by atoms with van der Waals surface area (Å²) in [6.45, 7) is 0. The van der Waals surface area contributed by atoms with Gasteiger partial charge in [-0.25, -0.2) is 4.99 Å². The fraction of sp³-hybridized carbons (Fsp3) is 0. The third-order valence-corrected chi connectivity index (χ3v) is 0.634. The molecular weight excluding hydrogens is 108 g/mol. The van der Waals surface area contributed by atoms with Crippen molar-refractivity contribution in [1.29, 1.82) is 0 Å². The Bertz CT molecular complexity index is 97.0. The van der Waals surface area contributed by atoms with Crippen molar-refractivity contribution in [2.45, 2.75) is 0 Å². The van der Waals surface area contributed by atoms with Crippen LogP contribution in [0.25, 0.3) is 0 Å². The number of halogens is 1. The predicted molar refractivity (Wildman–Crippen MR) is 29.6 cm³/mol. The van der Waals surface area contributed by atoms with Crippen LogP contribution in [-0.2, 0) is 0 Å². The fourth-order valence-electron chi connectivity index (χ4n) is 0.131. The average molecular weight is 112 g/mol. The van der Waals surface area contributed by atoms with Crippen LogP contribution < -0.4 is 0 Å². The molecule has 0 aromatic carbocycles. The summed E-state index contributed by atoms with van der Waals surface area (Å²) in [7, 11) is 0. The zero-order valence-corrected chi connectivity index (χ0v) is 3.24. The molecule has 0 saturated heterocycles. The van der Waals surface area contributed by atoms with Gasteiger partial charge in [0.05, 0.1) is 0 Å². The molecule has 0 aliphatic carbocycles. The van der Waals surface area contributed by atoms with Crippen LogP contribution >= 0.6 is 11.6 Å². The number of hydrogen-bond donors (Lipinski definition) is 0. The zero-order valence-electron chi connectivity index (χ0n) is 2.48. The van der Waals surface area contributed by atoms with Gasteiger partial charge < -0.3 is 0 Å². The minimum absolute atomic E-state index is 0. The number of rotatable bonds is 0. The van der Waals surface area contributed by atoms with Gasteiger partial charge in [0.1, 0.15) is 5.17 Å². The molecule has 0 aromatic heterocycles. The van der Waals surface area contributed by atoms with Crippen LogP contribution in [0, 0.1) is 0 Å². The van der Waals surface area contributed by atoms with Crippen LogP contribution in [0.4, 0.5) is 0 Å². The molecule has 0 amide bonds. The van der Waals surface area contributed by atoms with Crippen molar-refractivity contribution in [1.82, 2.24) is 0 Å². The van der Waals surface area contributed by atoms with E-state index in [0.29, 0.717) is 5.17 Å².